The summed E-state index contributed by atoms with van der Waals surface area (Å²) in [5.41, 5.74) is 3.88. The van der Waals surface area contributed by atoms with Crippen molar-refractivity contribution >= 4 is 45.9 Å². The lowest BCUT2D eigenvalue weighted by Crippen LogP contribution is -2.29. The third kappa shape index (κ3) is 7.09. The van der Waals surface area contributed by atoms with E-state index in [1.165, 1.54) is 12.3 Å². The van der Waals surface area contributed by atoms with Gasteiger partial charge in [0.2, 0.25) is 11.9 Å². The summed E-state index contributed by atoms with van der Waals surface area (Å²) in [5, 5.41) is 6.93. The molecular formula is C31H38N8O4. The first-order valence-electron chi connectivity index (χ1n) is 13.8. The number of hydrogen-bond acceptors (Lipinski definition) is 10. The van der Waals surface area contributed by atoms with Crippen LogP contribution in [-0.2, 0) is 16.6 Å². The van der Waals surface area contributed by atoms with Crippen molar-refractivity contribution in [2.75, 3.05) is 56.9 Å². The lowest BCUT2D eigenvalue weighted by Gasteiger charge is -2.26. The lowest BCUT2D eigenvalue weighted by molar-refractivity contribution is -0.111. The molecule has 2 N–H and O–H groups in total. The molecule has 0 aliphatic rings. The minimum absolute atomic E-state index is 0.213. The van der Waals surface area contributed by atoms with Crippen LogP contribution in [0, 0.1) is 0 Å². The van der Waals surface area contributed by atoms with Gasteiger partial charge in [0.1, 0.15) is 17.0 Å². The number of benzene rings is 1. The van der Waals surface area contributed by atoms with Gasteiger partial charge in [0, 0.05) is 62.8 Å². The van der Waals surface area contributed by atoms with Crippen molar-refractivity contribution in [1.29, 1.82) is 0 Å². The van der Waals surface area contributed by atoms with Crippen LogP contribution in [0.1, 0.15) is 24.2 Å². The number of nitrogens with zero attached hydrogens (tertiary/aromatic N) is 6. The van der Waals surface area contributed by atoms with E-state index in [1.54, 1.807) is 33.2 Å². The molecule has 4 rings (SSSR count). The third-order valence-electron chi connectivity index (χ3n) is 6.64. The van der Waals surface area contributed by atoms with E-state index in [0.29, 0.717) is 34.9 Å². The number of methoxy groups -OCH3 is 1. The molecule has 0 saturated carbocycles. The number of aromatic nitrogens is 4. The number of aryl methyl sites for hydroxylation is 1. The highest BCUT2D eigenvalue weighted by Gasteiger charge is 2.23. The van der Waals surface area contributed by atoms with Gasteiger partial charge in [-0.15, -0.1) is 0 Å². The number of nitrogens with one attached hydrogen (secondary N) is 2. The third-order valence-corrected chi connectivity index (χ3v) is 6.64. The maximum absolute atomic E-state index is 13.1. The van der Waals surface area contributed by atoms with Crippen molar-refractivity contribution in [3.63, 3.8) is 0 Å². The predicted octanol–water partition coefficient (Wildman–Crippen LogP) is 4.47. The van der Waals surface area contributed by atoms with E-state index >= 15 is 0 Å². The lowest BCUT2D eigenvalue weighted by atomic mass is 10.1. The Bertz CT molecular complexity index is 1650. The molecule has 43 heavy (non-hydrogen) atoms. The Morgan fingerprint density at radius 1 is 1.14 bits per heavy atom. The number of hydrogen-bond donors (Lipinski definition) is 2. The van der Waals surface area contributed by atoms with E-state index in [0.717, 1.165) is 23.3 Å². The Hall–Kier alpha value is -4.97. The molecule has 226 valence electrons. The first kappa shape index (κ1) is 31.0. The Kier molecular flexibility index (Phi) is 9.61. The first-order valence-corrected chi connectivity index (χ1v) is 13.8. The fourth-order valence-corrected chi connectivity index (χ4v) is 4.50. The maximum Gasteiger partial charge on any atom is 0.342 e. The first-order chi connectivity index (χ1) is 20.5. The molecule has 0 aliphatic carbocycles. The van der Waals surface area contributed by atoms with Gasteiger partial charge in [-0.05, 0) is 52.2 Å². The number of likely N-dealkylation sites (N-methyl/N-ethyl adjacent to an activating group) is 2. The van der Waals surface area contributed by atoms with Crippen LogP contribution >= 0.6 is 0 Å². The number of pyridine rings is 1. The number of carbonyl (C=O) groups is 2. The number of esters is 1. The van der Waals surface area contributed by atoms with E-state index < -0.39 is 5.97 Å². The number of anilines is 4. The molecule has 1 aromatic carbocycles. The Balaban J connectivity index is 1.82. The van der Waals surface area contributed by atoms with E-state index in [9.17, 15) is 9.59 Å². The molecule has 4 aromatic rings. The molecule has 1 amide bonds. The number of rotatable bonds is 12. The molecule has 0 bridgehead atoms. The average Bonchev–Trinajstić information content (AvgIpc) is 3.31. The van der Waals surface area contributed by atoms with Crippen LogP contribution in [-0.4, -0.2) is 83.7 Å². The highest BCUT2D eigenvalue weighted by atomic mass is 16.5. The van der Waals surface area contributed by atoms with Gasteiger partial charge in [-0.2, -0.15) is 0 Å². The predicted molar refractivity (Wildman–Crippen MR) is 169 cm³/mol. The number of carbonyl (C=O) groups excluding carboxylic acids is 2. The summed E-state index contributed by atoms with van der Waals surface area (Å²) < 4.78 is 13.1. The number of fused-ring (bicyclic) bond motifs is 1. The molecule has 0 saturated heterocycles. The van der Waals surface area contributed by atoms with Crippen LogP contribution in [0.5, 0.6) is 5.75 Å². The summed E-state index contributed by atoms with van der Waals surface area (Å²) in [4.78, 5) is 43.3. The van der Waals surface area contributed by atoms with Gasteiger partial charge in [0.25, 0.3) is 0 Å². The summed E-state index contributed by atoms with van der Waals surface area (Å²) in [6.45, 7) is 8.66. The number of amides is 1. The molecule has 0 aliphatic heterocycles. The van der Waals surface area contributed by atoms with Crippen molar-refractivity contribution < 1.29 is 19.1 Å². The van der Waals surface area contributed by atoms with Gasteiger partial charge in [0.15, 0.2) is 0 Å². The van der Waals surface area contributed by atoms with Gasteiger partial charge in [0.05, 0.1) is 36.0 Å². The summed E-state index contributed by atoms with van der Waals surface area (Å²) in [6.07, 6.45) is 5.92. The Labute approximate surface area is 251 Å². The van der Waals surface area contributed by atoms with Crippen molar-refractivity contribution in [3.8, 4) is 17.0 Å². The zero-order valence-electron chi connectivity index (χ0n) is 25.6. The van der Waals surface area contributed by atoms with Crippen LogP contribution in [0.15, 0.2) is 55.5 Å². The minimum Gasteiger partial charge on any atom is -0.494 e. The van der Waals surface area contributed by atoms with Gasteiger partial charge in [-0.1, -0.05) is 6.58 Å². The molecule has 0 unspecified atom stereocenters. The van der Waals surface area contributed by atoms with E-state index in [-0.39, 0.29) is 23.5 Å². The standard InChI is InChI=1S/C31H38N8O4/c1-9-27(40)34-23-15-24(26(42-8)16-25(23)38(6)14-13-37(4)5)35-31-33-17-21(30(41)43-19(2)3)28(36-31)22-18-39(7)29-20(22)11-10-12-32-29/h9-12,15-19H,1,13-14H2,2-8H3,(H,34,40)(H,33,35,36). The highest BCUT2D eigenvalue weighted by molar-refractivity contribution is 6.03. The molecule has 3 heterocycles. The molecule has 0 radical (unpaired) electrons. The second kappa shape index (κ2) is 13.3. The van der Waals surface area contributed by atoms with E-state index in [1.807, 2.05) is 62.1 Å². The Morgan fingerprint density at radius 3 is 2.58 bits per heavy atom. The van der Waals surface area contributed by atoms with Crippen molar-refractivity contribution in [1.82, 2.24) is 24.4 Å². The van der Waals surface area contributed by atoms with Gasteiger partial charge in [-0.3, -0.25) is 4.79 Å². The smallest absolute Gasteiger partial charge is 0.342 e. The molecule has 3 aromatic heterocycles. The highest BCUT2D eigenvalue weighted by Crippen LogP contribution is 2.38. The summed E-state index contributed by atoms with van der Waals surface area (Å²) in [7, 11) is 9.38. The number of ether oxygens (including phenoxy) is 2. The largest absolute Gasteiger partial charge is 0.494 e. The van der Waals surface area contributed by atoms with E-state index in [2.05, 4.69) is 32.1 Å². The molecular weight excluding hydrogens is 548 g/mol. The molecule has 0 fully saturated rings. The maximum atomic E-state index is 13.1. The quantitative estimate of drug-likeness (QED) is 0.181. The fourth-order valence-electron chi connectivity index (χ4n) is 4.50. The van der Waals surface area contributed by atoms with Crippen LogP contribution in [0.4, 0.5) is 23.0 Å². The zero-order valence-corrected chi connectivity index (χ0v) is 25.6. The average molecular weight is 587 g/mol. The monoisotopic (exact) mass is 586 g/mol. The van der Waals surface area contributed by atoms with Crippen LogP contribution in [0.2, 0.25) is 0 Å². The van der Waals surface area contributed by atoms with Crippen LogP contribution < -0.4 is 20.3 Å². The summed E-state index contributed by atoms with van der Waals surface area (Å²) >= 11 is 0. The van der Waals surface area contributed by atoms with Crippen molar-refractivity contribution in [2.24, 2.45) is 7.05 Å². The SMILES string of the molecule is C=CC(=O)Nc1cc(Nc2ncc(C(=O)OC(C)C)c(-c3cn(C)c4ncccc34)n2)c(OC)cc1N(C)CCN(C)C. The summed E-state index contributed by atoms with van der Waals surface area (Å²) in [6, 6.07) is 7.35. The topological polar surface area (TPSA) is 127 Å². The molecule has 12 nitrogen and oxygen atoms in total. The fraction of sp³-hybridized carbons (Fsp3) is 0.323. The normalized spacial score (nSPS) is 11.1. The Morgan fingerprint density at radius 2 is 1.91 bits per heavy atom. The second-order valence-corrected chi connectivity index (χ2v) is 10.6. The molecule has 12 heteroatoms. The van der Waals surface area contributed by atoms with Crippen LogP contribution in [0.3, 0.4) is 0 Å². The van der Waals surface area contributed by atoms with E-state index in [4.69, 9.17) is 14.5 Å². The zero-order chi connectivity index (χ0) is 31.3. The molecule has 0 atom stereocenters. The second-order valence-electron chi connectivity index (χ2n) is 10.6. The van der Waals surface area contributed by atoms with Gasteiger partial charge < -0.3 is 34.5 Å². The minimum atomic E-state index is -0.533. The van der Waals surface area contributed by atoms with Gasteiger partial charge >= 0.3 is 5.97 Å². The molecule has 0 spiro atoms. The van der Waals surface area contributed by atoms with Gasteiger partial charge in [-0.25, -0.2) is 19.7 Å². The van der Waals surface area contributed by atoms with Crippen molar-refractivity contribution in [2.45, 2.75) is 20.0 Å². The van der Waals surface area contributed by atoms with Crippen LogP contribution in [0.25, 0.3) is 22.3 Å². The summed E-state index contributed by atoms with van der Waals surface area (Å²) in [5.74, 6) is -0.167. The van der Waals surface area contributed by atoms with Crippen molar-refractivity contribution in [3.05, 3.63) is 61.1 Å².